The lowest BCUT2D eigenvalue weighted by Crippen LogP contribution is -2.50. The molecule has 2 N–H and O–H groups in total. The minimum atomic E-state index is -0.555. The van der Waals surface area contributed by atoms with Crippen LogP contribution in [0, 0.1) is 0 Å². The number of fused-ring (bicyclic) bond motifs is 2. The second-order valence-corrected chi connectivity index (χ2v) is 5.14. The van der Waals surface area contributed by atoms with E-state index in [1.807, 2.05) is 19.0 Å². The molecule has 2 fully saturated rings. The van der Waals surface area contributed by atoms with Gasteiger partial charge < -0.3 is 9.80 Å². The van der Waals surface area contributed by atoms with Gasteiger partial charge >= 0.3 is 6.03 Å². The first kappa shape index (κ1) is 14.0. The smallest absolute Gasteiger partial charge is 0.309 e. The number of likely N-dealkylation sites (N-methyl/N-ethyl adjacent to an activating group) is 1. The van der Waals surface area contributed by atoms with Crippen molar-refractivity contribution < 1.29 is 19.6 Å². The van der Waals surface area contributed by atoms with Crippen LogP contribution in [-0.4, -0.2) is 77.9 Å². The topological polar surface area (TPSA) is 85.4 Å². The van der Waals surface area contributed by atoms with Crippen LogP contribution in [0.1, 0.15) is 12.8 Å². The number of carbonyl (C=O) groups excluding carboxylic acids is 2. The zero-order valence-electron chi connectivity index (χ0n) is 11.2. The molecule has 1 unspecified atom stereocenters. The fourth-order valence-electron chi connectivity index (χ4n) is 2.34. The Balaban J connectivity index is 1.81. The van der Waals surface area contributed by atoms with Crippen LogP contribution >= 0.6 is 0 Å². The third kappa shape index (κ3) is 2.96. The molecule has 0 aliphatic carbocycles. The minimum Gasteiger partial charge on any atom is -0.309 e. The molecular weight excluding hydrogens is 252 g/mol. The molecule has 2 saturated heterocycles. The number of hydrogen-bond acceptors (Lipinski definition) is 5. The summed E-state index contributed by atoms with van der Waals surface area (Å²) in [5.41, 5.74) is 2.37. The van der Waals surface area contributed by atoms with Gasteiger partial charge in [0.2, 0.25) is 0 Å². The Labute approximate surface area is 111 Å². The third-order valence-corrected chi connectivity index (χ3v) is 3.46. The average Bonchev–Trinajstić information content (AvgIpc) is 2.60. The molecule has 2 bridgehead atoms. The maximum absolute atomic E-state index is 11.9. The number of urea groups is 1. The van der Waals surface area contributed by atoms with Crippen molar-refractivity contribution >= 4 is 11.9 Å². The van der Waals surface area contributed by atoms with Crippen LogP contribution in [-0.2, 0) is 9.63 Å². The highest BCUT2D eigenvalue weighted by molar-refractivity contribution is 5.87. The Bertz CT molecular complexity index is 363. The molecule has 2 heterocycles. The number of nitrogens with one attached hydrogen (secondary N) is 1. The number of hydroxylamine groups is 3. The molecule has 19 heavy (non-hydrogen) atoms. The van der Waals surface area contributed by atoms with Crippen molar-refractivity contribution in [1.82, 2.24) is 20.3 Å². The molecule has 0 aromatic heterocycles. The fraction of sp³-hybridized carbons (Fsp3) is 0.818. The summed E-state index contributed by atoms with van der Waals surface area (Å²) < 4.78 is 0. The molecule has 2 aliphatic heterocycles. The summed E-state index contributed by atoms with van der Waals surface area (Å²) in [6, 6.07) is -1.25. The van der Waals surface area contributed by atoms with E-state index in [9.17, 15) is 14.8 Å². The number of carbonyl (C=O) groups is 2. The van der Waals surface area contributed by atoms with Crippen molar-refractivity contribution in [3.05, 3.63) is 0 Å². The Kier molecular flexibility index (Phi) is 4.23. The maximum Gasteiger partial charge on any atom is 0.344 e. The van der Waals surface area contributed by atoms with E-state index < -0.39 is 12.1 Å². The first-order valence-electron chi connectivity index (χ1n) is 6.35. The van der Waals surface area contributed by atoms with Gasteiger partial charge in [0.15, 0.2) is 0 Å². The lowest BCUT2D eigenvalue weighted by Gasteiger charge is -2.28. The van der Waals surface area contributed by atoms with Crippen LogP contribution in [0.3, 0.4) is 0 Å². The summed E-state index contributed by atoms with van der Waals surface area (Å²) in [4.78, 5) is 32.0. The molecule has 0 radical (unpaired) electrons. The molecule has 0 aromatic rings. The van der Waals surface area contributed by atoms with Crippen LogP contribution in [0.4, 0.5) is 4.79 Å². The summed E-state index contributed by atoms with van der Waals surface area (Å²) in [7, 11) is 3.82. The molecule has 8 nitrogen and oxygen atoms in total. The molecule has 0 saturated carbocycles. The first-order chi connectivity index (χ1) is 9.00. The fourth-order valence-corrected chi connectivity index (χ4v) is 2.34. The van der Waals surface area contributed by atoms with Crippen LogP contribution in [0.5, 0.6) is 0 Å². The summed E-state index contributed by atoms with van der Waals surface area (Å²) in [6.07, 6.45) is 1.16. The van der Waals surface area contributed by atoms with Gasteiger partial charge in [0, 0.05) is 13.1 Å². The van der Waals surface area contributed by atoms with E-state index in [1.165, 1.54) is 4.90 Å². The molecule has 0 spiro atoms. The largest absolute Gasteiger partial charge is 0.344 e. The quantitative estimate of drug-likeness (QED) is 0.391. The lowest BCUT2D eigenvalue weighted by molar-refractivity contribution is -0.139. The zero-order chi connectivity index (χ0) is 14.0. The number of amides is 3. The summed E-state index contributed by atoms with van der Waals surface area (Å²) in [6.45, 7) is 1.47. The number of rotatable bonds is 5. The highest BCUT2D eigenvalue weighted by atomic mass is 16.7. The van der Waals surface area contributed by atoms with E-state index in [0.717, 1.165) is 5.06 Å². The predicted molar refractivity (Wildman–Crippen MR) is 65.2 cm³/mol. The van der Waals surface area contributed by atoms with Crippen molar-refractivity contribution in [2.24, 2.45) is 0 Å². The van der Waals surface area contributed by atoms with E-state index in [4.69, 9.17) is 4.84 Å². The van der Waals surface area contributed by atoms with Crippen molar-refractivity contribution in [1.29, 1.82) is 0 Å². The van der Waals surface area contributed by atoms with Gasteiger partial charge in [-0.3, -0.25) is 14.8 Å². The Morgan fingerprint density at radius 3 is 2.95 bits per heavy atom. The monoisotopic (exact) mass is 272 g/mol. The van der Waals surface area contributed by atoms with E-state index in [2.05, 4.69) is 5.48 Å². The SMILES string of the molecule is CN(C)CCONC(=O)[C@@H]1CCC2CN1C(=O)N2O. The lowest BCUT2D eigenvalue weighted by atomic mass is 10.0. The van der Waals surface area contributed by atoms with E-state index in [1.54, 1.807) is 0 Å². The van der Waals surface area contributed by atoms with Gasteiger partial charge in [-0.05, 0) is 26.9 Å². The molecule has 3 amide bonds. The summed E-state index contributed by atoms with van der Waals surface area (Å²) in [5, 5.41) is 10.2. The van der Waals surface area contributed by atoms with Crippen LogP contribution < -0.4 is 5.48 Å². The number of piperidine rings is 1. The number of hydrogen-bond donors (Lipinski definition) is 2. The Hall–Kier alpha value is -1.38. The van der Waals surface area contributed by atoms with Crippen LogP contribution in [0.2, 0.25) is 0 Å². The van der Waals surface area contributed by atoms with Gasteiger partial charge in [0.05, 0.1) is 12.6 Å². The van der Waals surface area contributed by atoms with Crippen molar-refractivity contribution in [3.8, 4) is 0 Å². The molecule has 2 atom stereocenters. The Morgan fingerprint density at radius 1 is 1.53 bits per heavy atom. The normalized spacial score (nSPS) is 26.2. The van der Waals surface area contributed by atoms with Crippen LogP contribution in [0.25, 0.3) is 0 Å². The van der Waals surface area contributed by atoms with Crippen molar-refractivity contribution in [2.45, 2.75) is 24.9 Å². The van der Waals surface area contributed by atoms with Gasteiger partial charge in [0.1, 0.15) is 6.04 Å². The highest BCUT2D eigenvalue weighted by Gasteiger charge is 2.46. The Morgan fingerprint density at radius 2 is 2.26 bits per heavy atom. The van der Waals surface area contributed by atoms with E-state index >= 15 is 0 Å². The zero-order valence-corrected chi connectivity index (χ0v) is 11.2. The second-order valence-electron chi connectivity index (χ2n) is 5.14. The van der Waals surface area contributed by atoms with Gasteiger partial charge in [-0.25, -0.2) is 15.3 Å². The molecule has 2 aliphatic rings. The van der Waals surface area contributed by atoms with Crippen molar-refractivity contribution in [3.63, 3.8) is 0 Å². The second kappa shape index (κ2) is 5.72. The minimum absolute atomic E-state index is 0.189. The van der Waals surface area contributed by atoms with Gasteiger partial charge in [-0.2, -0.15) is 0 Å². The summed E-state index contributed by atoms with van der Waals surface area (Å²) >= 11 is 0. The predicted octanol–water partition coefficient (Wildman–Crippen LogP) is -0.746. The average molecular weight is 272 g/mol. The van der Waals surface area contributed by atoms with E-state index in [-0.39, 0.29) is 11.9 Å². The number of nitrogens with zero attached hydrogens (tertiary/aromatic N) is 3. The summed E-state index contributed by atoms with van der Waals surface area (Å²) in [5.74, 6) is -0.333. The molecule has 0 aromatic carbocycles. The van der Waals surface area contributed by atoms with Crippen LogP contribution in [0.15, 0.2) is 0 Å². The maximum atomic E-state index is 11.9. The molecule has 8 heteroatoms. The van der Waals surface area contributed by atoms with E-state index in [0.29, 0.717) is 32.5 Å². The first-order valence-corrected chi connectivity index (χ1v) is 6.35. The molecular formula is C11H20N4O4. The van der Waals surface area contributed by atoms with Crippen molar-refractivity contribution in [2.75, 3.05) is 33.8 Å². The molecule has 108 valence electrons. The van der Waals surface area contributed by atoms with Gasteiger partial charge in [-0.15, -0.1) is 0 Å². The van der Waals surface area contributed by atoms with Gasteiger partial charge in [0.25, 0.3) is 5.91 Å². The highest BCUT2D eigenvalue weighted by Crippen LogP contribution is 2.28. The van der Waals surface area contributed by atoms with Gasteiger partial charge in [-0.1, -0.05) is 0 Å². The molecule has 2 rings (SSSR count). The standard InChI is InChI=1S/C11H20N4O4/c1-13(2)5-6-19-12-10(16)9-4-3-8-7-14(9)11(17)15(8)18/h8-9,18H,3-7H2,1-2H3,(H,12,16)/t8?,9-/m0/s1. The third-order valence-electron chi connectivity index (χ3n) is 3.46.